The van der Waals surface area contributed by atoms with Gasteiger partial charge in [-0.1, -0.05) is 30.3 Å². The normalized spacial score (nSPS) is 17.7. The molecule has 5 rings (SSSR count). The number of halogens is 1. The molecule has 0 N–H and O–H groups in total. The number of rotatable bonds is 6. The summed E-state index contributed by atoms with van der Waals surface area (Å²) < 4.78 is 21.6. The summed E-state index contributed by atoms with van der Waals surface area (Å²) in [6.45, 7) is 5.62. The van der Waals surface area contributed by atoms with Crippen molar-refractivity contribution in [3.63, 3.8) is 0 Å². The summed E-state index contributed by atoms with van der Waals surface area (Å²) in [6.07, 6.45) is 3.75. The number of hydrogen-bond donors (Lipinski definition) is 0. The number of benzene rings is 2. The third kappa shape index (κ3) is 4.37. The largest absolute Gasteiger partial charge is 0.485 e. The Morgan fingerprint density at radius 2 is 1.79 bits per heavy atom. The highest BCUT2D eigenvalue weighted by molar-refractivity contribution is 5.57. The van der Waals surface area contributed by atoms with Gasteiger partial charge in [-0.3, -0.25) is 4.79 Å². The second kappa shape index (κ2) is 8.63. The molecule has 1 aromatic heterocycles. The maximum atomic E-state index is 14.1. The van der Waals surface area contributed by atoms with Gasteiger partial charge in [0.2, 0.25) is 5.75 Å². The smallest absolute Gasteiger partial charge is 0.316 e. The highest BCUT2D eigenvalue weighted by Crippen LogP contribution is 2.48. The molecule has 0 unspecified atom stereocenters. The molecular weight excluding hydrogens is 419 g/mol. The van der Waals surface area contributed by atoms with Crippen molar-refractivity contribution in [2.45, 2.75) is 25.2 Å². The molecule has 6 nitrogen and oxygen atoms in total. The van der Waals surface area contributed by atoms with Crippen molar-refractivity contribution in [2.75, 3.05) is 44.7 Å². The zero-order chi connectivity index (χ0) is 23.0. The molecular formula is C26H29FN4O2. The minimum absolute atomic E-state index is 0.0589. The van der Waals surface area contributed by atoms with Crippen LogP contribution in [0.15, 0.2) is 59.5 Å². The van der Waals surface area contributed by atoms with E-state index in [0.717, 1.165) is 44.6 Å². The predicted octanol–water partition coefficient (Wildman–Crippen LogP) is 3.54. The lowest BCUT2D eigenvalue weighted by atomic mass is 9.97. The Kier molecular flexibility index (Phi) is 5.66. The summed E-state index contributed by atoms with van der Waals surface area (Å²) in [5.74, 6) is -0.107. The third-order valence-electron chi connectivity index (χ3n) is 6.76. The molecule has 0 atom stereocenters. The number of hydrogen-bond acceptors (Lipinski definition) is 5. The molecule has 0 spiro atoms. The van der Waals surface area contributed by atoms with Gasteiger partial charge in [0.25, 0.3) is 0 Å². The Bertz CT molecular complexity index is 1180. The van der Waals surface area contributed by atoms with Crippen molar-refractivity contribution in [3.8, 4) is 11.4 Å². The van der Waals surface area contributed by atoms with Gasteiger partial charge in [0, 0.05) is 31.6 Å². The monoisotopic (exact) mass is 448 g/mol. The number of aryl methyl sites for hydroxylation is 1. The number of likely N-dealkylation sites (N-methyl/N-ethyl adjacent to an activating group) is 1. The standard InChI is InChI=1S/C26H29FN4O2/c1-19-14-21(27)16-22(15-19)31-25(32)24(23(17-28-31)30-12-10-29(2)11-13-30)33-18-26(8-9-26)20-6-4-3-5-7-20/h3-7,14-17H,8-13,18H2,1-2H3. The fourth-order valence-electron chi connectivity index (χ4n) is 4.53. The first kappa shape index (κ1) is 21.6. The van der Waals surface area contributed by atoms with E-state index in [1.807, 2.05) is 18.2 Å². The summed E-state index contributed by atoms with van der Waals surface area (Å²) in [5, 5.41) is 4.41. The molecule has 1 aliphatic carbocycles. The average molecular weight is 449 g/mol. The number of aromatic nitrogens is 2. The highest BCUT2D eigenvalue weighted by Gasteiger charge is 2.45. The summed E-state index contributed by atoms with van der Waals surface area (Å²) in [5.41, 5.74) is 2.65. The molecule has 2 aromatic carbocycles. The van der Waals surface area contributed by atoms with Crippen LogP contribution >= 0.6 is 0 Å². The van der Waals surface area contributed by atoms with E-state index in [1.165, 1.54) is 22.4 Å². The van der Waals surface area contributed by atoms with Crippen molar-refractivity contribution < 1.29 is 9.13 Å². The minimum atomic E-state index is -0.398. The van der Waals surface area contributed by atoms with Gasteiger partial charge in [-0.15, -0.1) is 0 Å². The van der Waals surface area contributed by atoms with Crippen LogP contribution in [0.4, 0.5) is 10.1 Å². The van der Waals surface area contributed by atoms with Crippen molar-refractivity contribution in [1.82, 2.24) is 14.7 Å². The molecule has 0 bridgehead atoms. The van der Waals surface area contributed by atoms with Gasteiger partial charge in [-0.25, -0.2) is 4.39 Å². The fraction of sp³-hybridized carbons (Fsp3) is 0.385. The van der Waals surface area contributed by atoms with Gasteiger partial charge >= 0.3 is 5.56 Å². The maximum Gasteiger partial charge on any atom is 0.316 e. The second-order valence-electron chi connectivity index (χ2n) is 9.29. The average Bonchev–Trinajstić information content (AvgIpc) is 3.60. The number of nitrogens with zero attached hydrogens (tertiary/aromatic N) is 4. The van der Waals surface area contributed by atoms with Crippen LogP contribution in [0.3, 0.4) is 0 Å². The Balaban J connectivity index is 1.52. The quantitative estimate of drug-likeness (QED) is 0.577. The zero-order valence-corrected chi connectivity index (χ0v) is 19.1. The molecule has 1 saturated carbocycles. The zero-order valence-electron chi connectivity index (χ0n) is 19.1. The first-order valence-electron chi connectivity index (χ1n) is 11.5. The molecule has 3 aromatic rings. The van der Waals surface area contributed by atoms with E-state index in [2.05, 4.69) is 34.1 Å². The van der Waals surface area contributed by atoms with Gasteiger partial charge < -0.3 is 14.5 Å². The van der Waals surface area contributed by atoms with Gasteiger partial charge in [0.1, 0.15) is 11.5 Å². The lowest BCUT2D eigenvalue weighted by molar-refractivity contribution is 0.269. The summed E-state index contributed by atoms with van der Waals surface area (Å²) in [7, 11) is 2.09. The molecule has 1 saturated heterocycles. The molecule has 33 heavy (non-hydrogen) atoms. The van der Waals surface area contributed by atoms with E-state index in [0.29, 0.717) is 23.7 Å². The summed E-state index contributed by atoms with van der Waals surface area (Å²) in [4.78, 5) is 18.0. The summed E-state index contributed by atoms with van der Waals surface area (Å²) >= 11 is 0. The van der Waals surface area contributed by atoms with Crippen molar-refractivity contribution in [2.24, 2.45) is 0 Å². The van der Waals surface area contributed by atoms with Crippen LogP contribution in [0.5, 0.6) is 5.75 Å². The van der Waals surface area contributed by atoms with Gasteiger partial charge in [0.05, 0.1) is 18.5 Å². The Morgan fingerprint density at radius 3 is 2.45 bits per heavy atom. The molecule has 2 heterocycles. The van der Waals surface area contributed by atoms with Crippen molar-refractivity contribution in [3.05, 3.63) is 82.0 Å². The molecule has 172 valence electrons. The lowest BCUT2D eigenvalue weighted by Crippen LogP contribution is -2.45. The number of ether oxygens (including phenoxy) is 1. The van der Waals surface area contributed by atoms with Crippen LogP contribution in [0.1, 0.15) is 24.0 Å². The van der Waals surface area contributed by atoms with Gasteiger partial charge in [0.15, 0.2) is 0 Å². The van der Waals surface area contributed by atoms with E-state index in [9.17, 15) is 9.18 Å². The van der Waals surface area contributed by atoms with E-state index in [4.69, 9.17) is 4.74 Å². The van der Waals surface area contributed by atoms with Gasteiger partial charge in [-0.2, -0.15) is 9.78 Å². The number of anilines is 1. The Hall–Kier alpha value is -3.19. The van der Waals surface area contributed by atoms with Crippen LogP contribution in [0.2, 0.25) is 0 Å². The van der Waals surface area contributed by atoms with Crippen molar-refractivity contribution >= 4 is 5.69 Å². The third-order valence-corrected chi connectivity index (χ3v) is 6.76. The highest BCUT2D eigenvalue weighted by atomic mass is 19.1. The Morgan fingerprint density at radius 1 is 1.06 bits per heavy atom. The predicted molar refractivity (Wildman–Crippen MR) is 127 cm³/mol. The maximum absolute atomic E-state index is 14.1. The van der Waals surface area contributed by atoms with E-state index >= 15 is 0 Å². The van der Waals surface area contributed by atoms with Crippen LogP contribution in [-0.2, 0) is 5.41 Å². The Labute approximate surface area is 193 Å². The van der Waals surface area contributed by atoms with Crippen LogP contribution in [-0.4, -0.2) is 54.5 Å². The molecule has 2 aliphatic rings. The summed E-state index contributed by atoms with van der Waals surface area (Å²) in [6, 6.07) is 14.8. The molecule has 2 fully saturated rings. The SMILES string of the molecule is Cc1cc(F)cc(-n2ncc(N3CCN(C)CC3)c(OCC3(c4ccccc4)CC3)c2=O)c1. The van der Waals surface area contributed by atoms with Crippen LogP contribution in [0, 0.1) is 12.7 Å². The van der Waals surface area contributed by atoms with Gasteiger partial charge in [-0.05, 0) is 56.1 Å². The molecule has 0 radical (unpaired) electrons. The lowest BCUT2D eigenvalue weighted by Gasteiger charge is -2.34. The van der Waals surface area contributed by atoms with E-state index < -0.39 is 5.82 Å². The topological polar surface area (TPSA) is 50.6 Å². The van der Waals surface area contributed by atoms with E-state index in [-0.39, 0.29) is 11.0 Å². The second-order valence-corrected chi connectivity index (χ2v) is 9.29. The van der Waals surface area contributed by atoms with Crippen LogP contribution in [0.25, 0.3) is 5.69 Å². The first-order valence-corrected chi connectivity index (χ1v) is 11.5. The minimum Gasteiger partial charge on any atom is -0.485 e. The fourth-order valence-corrected chi connectivity index (χ4v) is 4.53. The van der Waals surface area contributed by atoms with Crippen molar-refractivity contribution in [1.29, 1.82) is 0 Å². The van der Waals surface area contributed by atoms with E-state index in [1.54, 1.807) is 19.2 Å². The number of piperazine rings is 1. The molecule has 1 aliphatic heterocycles. The molecule has 7 heteroatoms. The van der Waals surface area contributed by atoms with Crippen LogP contribution < -0.4 is 15.2 Å². The first-order chi connectivity index (χ1) is 15.9. The molecule has 0 amide bonds.